The van der Waals surface area contributed by atoms with Crippen molar-refractivity contribution in [1.82, 2.24) is 0 Å². The average molecular weight is 139 g/mol. The van der Waals surface area contributed by atoms with Gasteiger partial charge in [-0.3, -0.25) is 0 Å². The second kappa shape index (κ2) is 42.6. The normalized spacial score (nSPS) is 0. The van der Waals surface area contributed by atoms with Gasteiger partial charge in [0.15, 0.2) is 17.4 Å². The van der Waals surface area contributed by atoms with Crippen molar-refractivity contribution in [3.05, 3.63) is 0 Å². The molecule has 1 atom stereocenters. The van der Waals surface area contributed by atoms with Gasteiger partial charge in [0.1, 0.15) is 0 Å². The summed E-state index contributed by atoms with van der Waals surface area (Å²) in [6.45, 7) is 0. The molecule has 3 radical (unpaired) electrons. The Balaban J connectivity index is 0. The van der Waals surface area contributed by atoms with E-state index in [1.165, 1.54) is 0 Å². The van der Waals surface area contributed by atoms with E-state index in [9.17, 15) is 0 Å². The van der Waals surface area contributed by atoms with E-state index >= 15 is 0 Å². The molecule has 0 aromatic heterocycles. The first kappa shape index (κ1) is 73.3. The molecule has 0 saturated heterocycles. The van der Waals surface area contributed by atoms with Crippen LogP contribution < -0.4 is 0 Å². The van der Waals surface area contributed by atoms with Crippen LogP contribution in [0.4, 0.5) is 0 Å². The minimum absolute atomic E-state index is 0. The summed E-state index contributed by atoms with van der Waals surface area (Å²) < 4.78 is 0. The monoisotopic (exact) mass is 139 g/mol. The quantitative estimate of drug-likeness (QED) is 0.302. The topological polar surface area (TPSA) is 0 Å². The molecule has 0 aromatic rings. The maximum Gasteiger partial charge on any atom is 0.187 e. The molecule has 5 heavy (non-hydrogen) atoms. The van der Waals surface area contributed by atoms with Crippen molar-refractivity contribution >= 4 is 35.7 Å². The van der Waals surface area contributed by atoms with Crippen molar-refractivity contribution in [2.45, 2.75) is 7.43 Å². The van der Waals surface area contributed by atoms with Gasteiger partial charge in [0.25, 0.3) is 0 Å². The van der Waals surface area contributed by atoms with Crippen LogP contribution in [0.15, 0.2) is 0 Å². The largest absolute Gasteiger partial charge is 0.187 e. The fourth-order valence-electron chi connectivity index (χ4n) is 0. The molecule has 0 aliphatic rings. The molecule has 1 unspecified atom stereocenters. The second-order valence-electron chi connectivity index (χ2n) is 0. The minimum Gasteiger partial charge on any atom is -0.153 e. The Labute approximate surface area is 64.7 Å². The van der Waals surface area contributed by atoms with Crippen molar-refractivity contribution < 1.29 is 21.7 Å². The first-order chi connectivity index (χ1) is 0. The predicted octanol–water partition coefficient (Wildman–Crippen LogP) is -0.873. The van der Waals surface area contributed by atoms with E-state index < -0.39 is 0 Å². The van der Waals surface area contributed by atoms with E-state index in [4.69, 9.17) is 0 Å². The third-order valence-electron chi connectivity index (χ3n) is 0. The van der Waals surface area contributed by atoms with E-state index in [1.807, 2.05) is 0 Å². The van der Waals surface area contributed by atoms with Crippen molar-refractivity contribution in [3.63, 3.8) is 0 Å². The van der Waals surface area contributed by atoms with Crippen LogP contribution in [0.3, 0.4) is 0 Å². The molecule has 4 heteroatoms. The van der Waals surface area contributed by atoms with Gasteiger partial charge in [-0.25, -0.2) is 0 Å². The Morgan fingerprint density at radius 3 is 1.00 bits per heavy atom. The third kappa shape index (κ3) is 26.5. The van der Waals surface area contributed by atoms with E-state index in [-0.39, 0.29) is 64.8 Å². The minimum atomic E-state index is 0. The molecule has 0 nitrogen and oxygen atoms in total. The van der Waals surface area contributed by atoms with E-state index in [0.29, 0.717) is 0 Å². The van der Waals surface area contributed by atoms with E-state index in [1.54, 1.807) is 0 Å². The summed E-state index contributed by atoms with van der Waals surface area (Å²) in [4.78, 5) is 0. The molecule has 0 rings (SSSR count). The SMILES string of the molecule is C.P.[AlH3].[B].[Ti]. The maximum atomic E-state index is 0. The van der Waals surface area contributed by atoms with Crippen LogP contribution in [0.1, 0.15) is 7.43 Å². The van der Waals surface area contributed by atoms with Crippen molar-refractivity contribution in [1.29, 1.82) is 0 Å². The predicted molar refractivity (Wildman–Crippen MR) is 33.5 cm³/mol. The molecular formula is CH10AlBPTi. The van der Waals surface area contributed by atoms with Crippen LogP contribution in [-0.4, -0.2) is 25.8 Å². The molecule has 0 aliphatic carbocycles. The Kier molecular flexibility index (Phi) is 624. The number of rotatable bonds is 0. The van der Waals surface area contributed by atoms with E-state index in [0.717, 1.165) is 0 Å². The summed E-state index contributed by atoms with van der Waals surface area (Å²) in [6.07, 6.45) is 0. The zero-order valence-electron chi connectivity index (χ0n) is 1.78. The molecule has 0 bridgehead atoms. The molecule has 0 spiro atoms. The number of hydrogen-bond acceptors (Lipinski definition) is 0. The van der Waals surface area contributed by atoms with Crippen molar-refractivity contribution in [2.24, 2.45) is 0 Å². The molecule has 29 valence electrons. The van der Waals surface area contributed by atoms with Gasteiger partial charge >= 0.3 is 0 Å². The summed E-state index contributed by atoms with van der Waals surface area (Å²) in [5.74, 6) is 0. The summed E-state index contributed by atoms with van der Waals surface area (Å²) in [7, 11) is 0. The van der Waals surface area contributed by atoms with Gasteiger partial charge in [0.2, 0.25) is 0 Å². The van der Waals surface area contributed by atoms with Gasteiger partial charge < -0.3 is 0 Å². The Bertz CT molecular complexity index is 11.6. The van der Waals surface area contributed by atoms with Gasteiger partial charge in [0.05, 0.1) is 0 Å². The van der Waals surface area contributed by atoms with Gasteiger partial charge in [-0.05, 0) is 0 Å². The van der Waals surface area contributed by atoms with Gasteiger partial charge in [-0.2, -0.15) is 9.90 Å². The molecule has 0 amide bonds. The summed E-state index contributed by atoms with van der Waals surface area (Å²) in [6, 6.07) is 0. The van der Waals surface area contributed by atoms with Crippen LogP contribution in [0.2, 0.25) is 0 Å². The van der Waals surface area contributed by atoms with Crippen LogP contribution in [0.5, 0.6) is 0 Å². The van der Waals surface area contributed by atoms with Crippen molar-refractivity contribution in [3.8, 4) is 0 Å². The fourth-order valence-corrected chi connectivity index (χ4v) is 0. The van der Waals surface area contributed by atoms with Crippen LogP contribution >= 0.6 is 9.90 Å². The fraction of sp³-hybridized carbons (Fsp3) is 1.00. The molecular weight excluding hydrogens is 129 g/mol. The molecule has 0 saturated carbocycles. The van der Waals surface area contributed by atoms with Gasteiger partial charge in [0, 0.05) is 30.1 Å². The summed E-state index contributed by atoms with van der Waals surface area (Å²) >= 11 is 0. The molecule has 0 N–H and O–H groups in total. The van der Waals surface area contributed by atoms with E-state index in [2.05, 4.69) is 0 Å². The summed E-state index contributed by atoms with van der Waals surface area (Å²) in [5, 5.41) is 0. The standard InChI is InChI=1S/CH4.Al.B.H3P.Ti.3H/h1H4;;;1H3;;;;. The molecule has 0 fully saturated rings. The third-order valence-corrected chi connectivity index (χ3v) is 0. The first-order valence-corrected chi connectivity index (χ1v) is 0. The first-order valence-electron chi connectivity index (χ1n) is 0. The van der Waals surface area contributed by atoms with Crippen LogP contribution in [0.25, 0.3) is 0 Å². The second-order valence-corrected chi connectivity index (χ2v) is 0. The maximum absolute atomic E-state index is 0. The zero-order chi connectivity index (χ0) is 0. The molecule has 0 aromatic carbocycles. The van der Waals surface area contributed by atoms with Gasteiger partial charge in [-0.1, -0.05) is 7.43 Å². The summed E-state index contributed by atoms with van der Waals surface area (Å²) in [5.41, 5.74) is 0. The zero-order valence-corrected chi connectivity index (χ0v) is 4.76. The smallest absolute Gasteiger partial charge is 0.153 e. The van der Waals surface area contributed by atoms with Crippen LogP contribution in [-0.2, 0) is 21.7 Å². The van der Waals surface area contributed by atoms with Gasteiger partial charge in [-0.15, -0.1) is 0 Å². The Morgan fingerprint density at radius 1 is 1.00 bits per heavy atom. The number of hydrogen-bond donors (Lipinski definition) is 0. The average Bonchev–Trinajstić information content (AvgIpc) is 0. The Hall–Kier alpha value is 1.74. The molecule has 0 heterocycles. The molecule has 0 aliphatic heterocycles. The Morgan fingerprint density at radius 2 is 1.00 bits per heavy atom. The van der Waals surface area contributed by atoms with Crippen LogP contribution in [0, 0.1) is 0 Å². The van der Waals surface area contributed by atoms with Crippen molar-refractivity contribution in [2.75, 3.05) is 0 Å².